The number of nitrogens with one attached hydrogen (secondary N) is 1. The van der Waals surface area contributed by atoms with E-state index in [1.165, 1.54) is 0 Å². The van der Waals surface area contributed by atoms with E-state index < -0.39 is 10.8 Å². The minimum absolute atomic E-state index is 0.0760. The van der Waals surface area contributed by atoms with Gasteiger partial charge in [0.2, 0.25) is 5.91 Å². The Morgan fingerprint density at radius 2 is 1.88 bits per heavy atom. The van der Waals surface area contributed by atoms with Crippen molar-refractivity contribution in [3.63, 3.8) is 0 Å². The van der Waals surface area contributed by atoms with Crippen molar-refractivity contribution in [2.45, 2.75) is 56.5 Å². The Morgan fingerprint density at radius 3 is 2.47 bits per heavy atom. The summed E-state index contributed by atoms with van der Waals surface area (Å²) in [7, 11) is -0.664. The van der Waals surface area contributed by atoms with Crippen molar-refractivity contribution in [2.24, 2.45) is 5.73 Å². The van der Waals surface area contributed by atoms with Gasteiger partial charge >= 0.3 is 0 Å². The molecule has 2 aliphatic rings. The van der Waals surface area contributed by atoms with Crippen LogP contribution in [-0.2, 0) is 15.6 Å². The lowest BCUT2D eigenvalue weighted by Gasteiger charge is -2.26. The Balaban J connectivity index is 1.75. The number of hydrogen-bond donors (Lipinski definition) is 2. The SMILES string of the molecule is NC1(CC(=O)NC2CCS(=O)CC2)CCCC1. The largest absolute Gasteiger partial charge is 0.353 e. The summed E-state index contributed by atoms with van der Waals surface area (Å²) >= 11 is 0. The second-order valence-corrected chi connectivity index (χ2v) is 7.13. The highest BCUT2D eigenvalue weighted by atomic mass is 32.2. The molecule has 1 aliphatic carbocycles. The molecule has 5 heteroatoms. The number of carbonyl (C=O) groups excluding carboxylic acids is 1. The first-order chi connectivity index (χ1) is 8.07. The van der Waals surface area contributed by atoms with E-state index in [0.717, 1.165) is 50.0 Å². The smallest absolute Gasteiger partial charge is 0.222 e. The van der Waals surface area contributed by atoms with E-state index in [1.807, 2.05) is 0 Å². The molecule has 17 heavy (non-hydrogen) atoms. The fourth-order valence-corrected chi connectivity index (χ4v) is 4.09. The zero-order valence-corrected chi connectivity index (χ0v) is 11.1. The minimum atomic E-state index is -0.664. The molecular weight excluding hydrogens is 236 g/mol. The van der Waals surface area contributed by atoms with Gasteiger partial charge in [-0.05, 0) is 25.7 Å². The van der Waals surface area contributed by atoms with Crippen LogP contribution in [0.1, 0.15) is 44.9 Å². The fourth-order valence-electron chi connectivity index (χ4n) is 2.79. The summed E-state index contributed by atoms with van der Waals surface area (Å²) in [5.41, 5.74) is 5.92. The van der Waals surface area contributed by atoms with Gasteiger partial charge in [0.15, 0.2) is 0 Å². The molecule has 98 valence electrons. The third-order valence-electron chi connectivity index (χ3n) is 3.87. The van der Waals surface area contributed by atoms with E-state index in [9.17, 15) is 9.00 Å². The van der Waals surface area contributed by atoms with Gasteiger partial charge in [-0.3, -0.25) is 9.00 Å². The van der Waals surface area contributed by atoms with Crippen LogP contribution in [0.4, 0.5) is 0 Å². The number of hydrogen-bond acceptors (Lipinski definition) is 3. The van der Waals surface area contributed by atoms with E-state index in [4.69, 9.17) is 5.73 Å². The van der Waals surface area contributed by atoms with Crippen molar-refractivity contribution in [2.75, 3.05) is 11.5 Å². The zero-order valence-electron chi connectivity index (χ0n) is 10.2. The topological polar surface area (TPSA) is 72.2 Å². The molecule has 1 aliphatic heterocycles. The van der Waals surface area contributed by atoms with Gasteiger partial charge in [-0.15, -0.1) is 0 Å². The maximum atomic E-state index is 11.9. The molecule has 2 rings (SSSR count). The second kappa shape index (κ2) is 5.48. The van der Waals surface area contributed by atoms with Gasteiger partial charge in [0.1, 0.15) is 0 Å². The van der Waals surface area contributed by atoms with Crippen molar-refractivity contribution >= 4 is 16.7 Å². The molecule has 3 N–H and O–H groups in total. The van der Waals surface area contributed by atoms with E-state index >= 15 is 0 Å². The van der Waals surface area contributed by atoms with Crippen LogP contribution in [0, 0.1) is 0 Å². The van der Waals surface area contributed by atoms with Gasteiger partial charge in [0.25, 0.3) is 0 Å². The fraction of sp³-hybridized carbons (Fsp3) is 0.917. The second-order valence-electron chi connectivity index (χ2n) is 5.44. The average Bonchev–Trinajstić information content (AvgIpc) is 2.68. The molecule has 1 amide bonds. The predicted octanol–water partition coefficient (Wildman–Crippen LogP) is 0.675. The molecule has 0 aromatic carbocycles. The Hall–Kier alpha value is -0.420. The molecule has 2 fully saturated rings. The van der Waals surface area contributed by atoms with Crippen LogP contribution in [0.15, 0.2) is 0 Å². The lowest BCUT2D eigenvalue weighted by atomic mass is 9.94. The van der Waals surface area contributed by atoms with E-state index in [0.29, 0.717) is 6.42 Å². The van der Waals surface area contributed by atoms with Crippen LogP contribution in [-0.4, -0.2) is 33.2 Å². The number of carbonyl (C=O) groups is 1. The van der Waals surface area contributed by atoms with Crippen LogP contribution in [0.2, 0.25) is 0 Å². The highest BCUT2D eigenvalue weighted by Gasteiger charge is 2.32. The molecule has 1 heterocycles. The molecule has 0 aromatic heterocycles. The molecule has 0 bridgehead atoms. The highest BCUT2D eigenvalue weighted by molar-refractivity contribution is 7.85. The van der Waals surface area contributed by atoms with Gasteiger partial charge in [-0.25, -0.2) is 0 Å². The molecule has 0 atom stereocenters. The van der Waals surface area contributed by atoms with Crippen LogP contribution < -0.4 is 11.1 Å². The summed E-state index contributed by atoms with van der Waals surface area (Å²) in [5, 5.41) is 3.04. The monoisotopic (exact) mass is 258 g/mol. The van der Waals surface area contributed by atoms with Crippen molar-refractivity contribution < 1.29 is 9.00 Å². The van der Waals surface area contributed by atoms with Gasteiger partial charge in [-0.1, -0.05) is 12.8 Å². The van der Waals surface area contributed by atoms with Gasteiger partial charge in [-0.2, -0.15) is 0 Å². The van der Waals surface area contributed by atoms with Crippen LogP contribution in [0.5, 0.6) is 0 Å². The van der Waals surface area contributed by atoms with Crippen molar-refractivity contribution in [1.82, 2.24) is 5.32 Å². The normalized spacial score (nSPS) is 32.3. The van der Waals surface area contributed by atoms with Crippen LogP contribution in [0.25, 0.3) is 0 Å². The molecule has 0 unspecified atom stereocenters. The first-order valence-corrected chi connectivity index (χ1v) is 7.99. The first-order valence-electron chi connectivity index (χ1n) is 6.51. The number of amides is 1. The molecule has 4 nitrogen and oxygen atoms in total. The first kappa shape index (κ1) is 13.0. The zero-order chi connectivity index (χ0) is 12.3. The third kappa shape index (κ3) is 3.78. The lowest BCUT2D eigenvalue weighted by molar-refractivity contribution is -0.123. The maximum absolute atomic E-state index is 11.9. The van der Waals surface area contributed by atoms with Crippen molar-refractivity contribution in [3.8, 4) is 0 Å². The van der Waals surface area contributed by atoms with E-state index in [-0.39, 0.29) is 17.5 Å². The van der Waals surface area contributed by atoms with E-state index in [2.05, 4.69) is 5.32 Å². The van der Waals surface area contributed by atoms with Crippen molar-refractivity contribution in [1.29, 1.82) is 0 Å². The van der Waals surface area contributed by atoms with Gasteiger partial charge in [0, 0.05) is 40.3 Å². The van der Waals surface area contributed by atoms with Crippen molar-refractivity contribution in [3.05, 3.63) is 0 Å². The Labute approximate surface area is 105 Å². The maximum Gasteiger partial charge on any atom is 0.222 e. The van der Waals surface area contributed by atoms with Crippen LogP contribution >= 0.6 is 0 Å². The summed E-state index contributed by atoms with van der Waals surface area (Å²) in [5.74, 6) is 1.52. The molecule has 0 aromatic rings. The highest BCUT2D eigenvalue weighted by Crippen LogP contribution is 2.30. The summed E-state index contributed by atoms with van der Waals surface area (Å²) in [6, 6.07) is 0.213. The molecule has 1 saturated heterocycles. The summed E-state index contributed by atoms with van der Waals surface area (Å²) < 4.78 is 11.2. The third-order valence-corrected chi connectivity index (χ3v) is 5.25. The quantitative estimate of drug-likeness (QED) is 0.782. The Kier molecular flexibility index (Phi) is 4.20. The number of nitrogens with two attached hydrogens (primary N) is 1. The van der Waals surface area contributed by atoms with Gasteiger partial charge < -0.3 is 11.1 Å². The van der Waals surface area contributed by atoms with Gasteiger partial charge in [0.05, 0.1) is 0 Å². The molecular formula is C12H22N2O2S. The van der Waals surface area contributed by atoms with Crippen LogP contribution in [0.3, 0.4) is 0 Å². The number of rotatable bonds is 3. The van der Waals surface area contributed by atoms with E-state index in [1.54, 1.807) is 0 Å². The molecule has 0 radical (unpaired) electrons. The standard InChI is InChI=1S/C12H22N2O2S/c13-12(5-1-2-6-12)9-11(15)14-10-3-7-17(16)8-4-10/h10H,1-9,13H2,(H,14,15). The molecule has 0 spiro atoms. The summed E-state index contributed by atoms with van der Waals surface area (Å²) in [6.45, 7) is 0. The average molecular weight is 258 g/mol. The predicted molar refractivity (Wildman–Crippen MR) is 69.0 cm³/mol. The lowest BCUT2D eigenvalue weighted by Crippen LogP contribution is -2.46. The Morgan fingerprint density at radius 1 is 1.29 bits per heavy atom. The summed E-state index contributed by atoms with van der Waals surface area (Å²) in [6.07, 6.45) is 6.36. The summed E-state index contributed by atoms with van der Waals surface area (Å²) in [4.78, 5) is 11.9. The Bertz CT molecular complexity index is 304. The minimum Gasteiger partial charge on any atom is -0.353 e. The molecule has 1 saturated carbocycles.